The fraction of sp³-hybridized carbons (Fsp3) is 0.308. The van der Waals surface area contributed by atoms with E-state index in [1.165, 1.54) is 4.68 Å². The Kier molecular flexibility index (Phi) is 7.81. The average Bonchev–Trinajstić information content (AvgIpc) is 3.30. The first kappa shape index (κ1) is 25.2. The average molecular weight is 518 g/mol. The smallest absolute Gasteiger partial charge is 0.248 e. The van der Waals surface area contributed by atoms with E-state index < -0.39 is 0 Å². The number of nitrogens with two attached hydrogens (primary N) is 1. The lowest BCUT2D eigenvalue weighted by Gasteiger charge is -2.26. The largest absolute Gasteiger partial charge is 0.493 e. The predicted octanol–water partition coefficient (Wildman–Crippen LogP) is 3.15. The van der Waals surface area contributed by atoms with Gasteiger partial charge in [0.2, 0.25) is 11.9 Å². The minimum Gasteiger partial charge on any atom is -0.493 e. The van der Waals surface area contributed by atoms with Gasteiger partial charge >= 0.3 is 0 Å². The number of aryl methyl sites for hydroxylation is 1. The molecule has 1 fully saturated rings. The van der Waals surface area contributed by atoms with E-state index >= 15 is 0 Å². The van der Waals surface area contributed by atoms with Crippen LogP contribution in [0.15, 0.2) is 54.6 Å². The number of aromatic nitrogens is 5. The third-order valence-electron chi connectivity index (χ3n) is 5.91. The number of ether oxygens (including phenoxy) is 3. The van der Waals surface area contributed by atoms with Gasteiger partial charge in [0, 0.05) is 43.1 Å². The Morgan fingerprint density at radius 1 is 0.947 bits per heavy atom. The molecule has 0 bridgehead atoms. The molecule has 0 saturated carbocycles. The lowest BCUT2D eigenvalue weighted by Crippen LogP contribution is -2.38. The standard InChI is InChI=1S/C26H31N9O3/c1-18-28-23(30-19-6-4-3-5-7-19)17-24(29-18)35-25(27)32-26(33-35)31-20-8-9-21(22(16-20)36-2)38-15-12-34-10-13-37-14-11-34/h3-9,16-17H,10-15H2,1-2H3,(H,28,29,30)(H3,27,31,32,33). The van der Waals surface area contributed by atoms with Crippen molar-refractivity contribution in [2.45, 2.75) is 6.92 Å². The number of nitrogens with zero attached hydrogens (tertiary/aromatic N) is 6. The number of rotatable bonds is 10. The van der Waals surface area contributed by atoms with Crippen LogP contribution >= 0.6 is 0 Å². The molecule has 3 heterocycles. The highest BCUT2D eigenvalue weighted by Crippen LogP contribution is 2.31. The first-order valence-corrected chi connectivity index (χ1v) is 12.4. The van der Waals surface area contributed by atoms with Crippen molar-refractivity contribution in [3.8, 4) is 17.3 Å². The van der Waals surface area contributed by atoms with Crippen molar-refractivity contribution in [3.63, 3.8) is 0 Å². The summed E-state index contributed by atoms with van der Waals surface area (Å²) in [4.78, 5) is 15.6. The van der Waals surface area contributed by atoms with Crippen LogP contribution in [0.5, 0.6) is 11.5 Å². The van der Waals surface area contributed by atoms with Crippen LogP contribution in [0.4, 0.5) is 29.1 Å². The molecule has 38 heavy (non-hydrogen) atoms. The Labute approximate surface area is 220 Å². The summed E-state index contributed by atoms with van der Waals surface area (Å²) in [6.07, 6.45) is 0. The van der Waals surface area contributed by atoms with E-state index in [0.717, 1.165) is 44.2 Å². The fourth-order valence-corrected chi connectivity index (χ4v) is 4.04. The van der Waals surface area contributed by atoms with Gasteiger partial charge in [0.1, 0.15) is 18.2 Å². The molecule has 0 radical (unpaired) electrons. The van der Waals surface area contributed by atoms with Crippen LogP contribution < -0.4 is 25.8 Å². The molecule has 0 unspecified atom stereocenters. The molecular weight excluding hydrogens is 486 g/mol. The van der Waals surface area contributed by atoms with Crippen LogP contribution in [-0.4, -0.2) is 76.2 Å². The van der Waals surface area contributed by atoms with Crippen molar-refractivity contribution in [3.05, 3.63) is 60.4 Å². The van der Waals surface area contributed by atoms with Gasteiger partial charge in [-0.1, -0.05) is 18.2 Å². The first-order chi connectivity index (χ1) is 18.6. The molecule has 1 aliphatic rings. The van der Waals surface area contributed by atoms with Crippen molar-refractivity contribution < 1.29 is 14.2 Å². The maximum atomic E-state index is 6.19. The number of nitrogens with one attached hydrogen (secondary N) is 2. The van der Waals surface area contributed by atoms with Gasteiger partial charge in [-0.2, -0.15) is 9.67 Å². The Bertz CT molecular complexity index is 1360. The summed E-state index contributed by atoms with van der Waals surface area (Å²) in [6.45, 7) is 6.57. The van der Waals surface area contributed by atoms with Crippen molar-refractivity contribution in [2.75, 3.05) is 62.9 Å². The van der Waals surface area contributed by atoms with Crippen LogP contribution in [0.3, 0.4) is 0 Å². The molecule has 12 heteroatoms. The van der Waals surface area contributed by atoms with Gasteiger partial charge in [0.15, 0.2) is 17.3 Å². The normalized spacial score (nSPS) is 13.7. The molecule has 4 aromatic rings. The maximum absolute atomic E-state index is 6.19. The van der Waals surface area contributed by atoms with Gasteiger partial charge in [0.05, 0.1) is 20.3 Å². The molecule has 198 valence electrons. The summed E-state index contributed by atoms with van der Waals surface area (Å²) in [5, 5.41) is 11.0. The number of hydrogen-bond acceptors (Lipinski definition) is 11. The summed E-state index contributed by atoms with van der Waals surface area (Å²) >= 11 is 0. The van der Waals surface area contributed by atoms with E-state index in [0.29, 0.717) is 41.5 Å². The first-order valence-electron chi connectivity index (χ1n) is 12.4. The maximum Gasteiger partial charge on any atom is 0.248 e. The molecule has 0 spiro atoms. The lowest BCUT2D eigenvalue weighted by atomic mass is 10.2. The number of para-hydroxylation sites is 1. The fourth-order valence-electron chi connectivity index (χ4n) is 4.04. The quantitative estimate of drug-likeness (QED) is 0.286. The second kappa shape index (κ2) is 11.8. The molecule has 0 atom stereocenters. The monoisotopic (exact) mass is 517 g/mol. The van der Waals surface area contributed by atoms with E-state index in [-0.39, 0.29) is 5.95 Å². The van der Waals surface area contributed by atoms with Gasteiger partial charge in [0.25, 0.3) is 0 Å². The van der Waals surface area contributed by atoms with Gasteiger partial charge < -0.3 is 30.6 Å². The van der Waals surface area contributed by atoms with Gasteiger partial charge in [-0.25, -0.2) is 9.97 Å². The van der Waals surface area contributed by atoms with Gasteiger partial charge in [-0.15, -0.1) is 5.10 Å². The topological polar surface area (TPSA) is 138 Å². The highest BCUT2D eigenvalue weighted by molar-refractivity contribution is 5.61. The number of hydrogen-bond donors (Lipinski definition) is 3. The van der Waals surface area contributed by atoms with E-state index in [1.807, 2.05) is 55.5 Å². The van der Waals surface area contributed by atoms with Crippen molar-refractivity contribution in [1.82, 2.24) is 29.6 Å². The Morgan fingerprint density at radius 3 is 2.55 bits per heavy atom. The second-order valence-electron chi connectivity index (χ2n) is 8.65. The molecule has 0 aliphatic carbocycles. The molecular formula is C26H31N9O3. The van der Waals surface area contributed by atoms with Crippen LogP contribution in [0.25, 0.3) is 5.82 Å². The molecule has 0 amide bonds. The zero-order valence-electron chi connectivity index (χ0n) is 21.4. The van der Waals surface area contributed by atoms with Crippen molar-refractivity contribution in [1.29, 1.82) is 0 Å². The lowest BCUT2D eigenvalue weighted by molar-refractivity contribution is 0.0321. The van der Waals surface area contributed by atoms with E-state index in [4.69, 9.17) is 19.9 Å². The minimum absolute atomic E-state index is 0.186. The zero-order valence-corrected chi connectivity index (χ0v) is 21.4. The number of nitrogen functional groups attached to an aromatic ring is 1. The van der Waals surface area contributed by atoms with Gasteiger partial charge in [-0.05, 0) is 31.2 Å². The summed E-state index contributed by atoms with van der Waals surface area (Å²) in [7, 11) is 1.61. The minimum atomic E-state index is 0.186. The number of methoxy groups -OCH3 is 1. The van der Waals surface area contributed by atoms with E-state index in [1.54, 1.807) is 13.2 Å². The second-order valence-corrected chi connectivity index (χ2v) is 8.65. The summed E-state index contributed by atoms with van der Waals surface area (Å²) < 4.78 is 18.4. The van der Waals surface area contributed by atoms with E-state index in [2.05, 4.69) is 35.6 Å². The van der Waals surface area contributed by atoms with Gasteiger partial charge in [-0.3, -0.25) is 4.90 Å². The third-order valence-corrected chi connectivity index (χ3v) is 5.91. The highest BCUT2D eigenvalue weighted by Gasteiger charge is 2.15. The third kappa shape index (κ3) is 6.28. The number of benzene rings is 2. The van der Waals surface area contributed by atoms with Crippen LogP contribution in [0, 0.1) is 6.92 Å². The molecule has 12 nitrogen and oxygen atoms in total. The molecule has 2 aromatic heterocycles. The molecule has 5 rings (SSSR count). The highest BCUT2D eigenvalue weighted by atomic mass is 16.5. The summed E-state index contributed by atoms with van der Waals surface area (Å²) in [6, 6.07) is 17.1. The molecule has 4 N–H and O–H groups in total. The molecule has 1 saturated heterocycles. The molecule has 2 aromatic carbocycles. The van der Waals surface area contributed by atoms with Crippen molar-refractivity contribution in [2.24, 2.45) is 0 Å². The Hall–Kier alpha value is -4.42. The van der Waals surface area contributed by atoms with Crippen LogP contribution in [0.1, 0.15) is 5.82 Å². The van der Waals surface area contributed by atoms with E-state index in [9.17, 15) is 0 Å². The SMILES string of the molecule is COc1cc(Nc2nc(N)n(-c3cc(Nc4ccccc4)nc(C)n3)n2)ccc1OCCN1CCOCC1. The summed E-state index contributed by atoms with van der Waals surface area (Å²) in [5.41, 5.74) is 7.83. The van der Waals surface area contributed by atoms with Crippen molar-refractivity contribution >= 4 is 29.1 Å². The number of anilines is 5. The zero-order chi connectivity index (χ0) is 26.3. The number of morpholine rings is 1. The van der Waals surface area contributed by atoms with Crippen LogP contribution in [-0.2, 0) is 4.74 Å². The Balaban J connectivity index is 1.27. The summed E-state index contributed by atoms with van der Waals surface area (Å²) in [5.74, 6) is 3.46. The predicted molar refractivity (Wildman–Crippen MR) is 145 cm³/mol. The Morgan fingerprint density at radius 2 is 1.76 bits per heavy atom. The molecule has 1 aliphatic heterocycles. The van der Waals surface area contributed by atoms with Crippen LogP contribution in [0.2, 0.25) is 0 Å².